The van der Waals surface area contributed by atoms with Gasteiger partial charge in [0, 0.05) is 68.0 Å². The summed E-state index contributed by atoms with van der Waals surface area (Å²) in [4.78, 5) is 65.8. The number of likely N-dealkylation sites (tertiary alicyclic amines) is 1. The molecule has 0 spiro atoms. The summed E-state index contributed by atoms with van der Waals surface area (Å²) in [6.07, 6.45) is -1.22. The second-order valence-electron chi connectivity index (χ2n) is 11.9. The van der Waals surface area contributed by atoms with E-state index in [-0.39, 0.29) is 74.4 Å². The number of amides is 3. The van der Waals surface area contributed by atoms with Crippen molar-refractivity contribution in [2.75, 3.05) is 39.8 Å². The molecule has 3 aromatic carbocycles. The number of nitro groups is 2. The Kier molecular flexibility index (Phi) is 11.7. The Morgan fingerprint density at radius 1 is 0.740 bits per heavy atom. The van der Waals surface area contributed by atoms with Crippen molar-refractivity contribution in [3.8, 4) is 5.75 Å². The van der Waals surface area contributed by atoms with E-state index in [2.05, 4.69) is 0 Å². The van der Waals surface area contributed by atoms with Gasteiger partial charge < -0.3 is 24.0 Å². The van der Waals surface area contributed by atoms with E-state index in [1.54, 1.807) is 23.8 Å². The van der Waals surface area contributed by atoms with Crippen LogP contribution in [0, 0.1) is 26.1 Å². The molecule has 0 saturated carbocycles. The Morgan fingerprint density at radius 2 is 1.22 bits per heavy atom. The SMILES string of the molecule is COc1ccc(CS[C@@H]2CN(C(=O)OCc3ccc([N+](=O)[O-])cc3)[C@H](C(=O)N3CCN(C(=O)OCc4ccc([N+](=O)[O-])cc4)CC3)C2C)cc1. The van der Waals surface area contributed by atoms with Crippen LogP contribution < -0.4 is 4.74 Å². The molecule has 3 amide bonds. The molecule has 0 radical (unpaired) electrons. The monoisotopic (exact) mass is 707 g/mol. The number of nitro benzene ring substituents is 2. The number of rotatable bonds is 11. The number of methoxy groups -OCH3 is 1. The molecular weight excluding hydrogens is 670 g/mol. The quantitative estimate of drug-likeness (QED) is 0.188. The van der Waals surface area contributed by atoms with Crippen LogP contribution in [0.2, 0.25) is 0 Å². The van der Waals surface area contributed by atoms with Gasteiger partial charge in [0.25, 0.3) is 11.4 Å². The highest BCUT2D eigenvalue weighted by molar-refractivity contribution is 7.99. The topological polar surface area (TPSA) is 175 Å². The Hall–Kier alpha value is -5.38. The van der Waals surface area contributed by atoms with Crippen molar-refractivity contribution in [2.45, 2.75) is 37.2 Å². The lowest BCUT2D eigenvalue weighted by atomic mass is 10.0. The molecule has 2 aliphatic heterocycles. The first-order valence-corrected chi connectivity index (χ1v) is 16.9. The van der Waals surface area contributed by atoms with Crippen molar-refractivity contribution in [2.24, 2.45) is 5.92 Å². The predicted octanol–water partition coefficient (Wildman–Crippen LogP) is 5.25. The van der Waals surface area contributed by atoms with Crippen molar-refractivity contribution in [1.82, 2.24) is 14.7 Å². The van der Waals surface area contributed by atoms with E-state index in [1.165, 1.54) is 58.3 Å². The van der Waals surface area contributed by atoms with Crippen molar-refractivity contribution < 1.29 is 38.4 Å². The second-order valence-corrected chi connectivity index (χ2v) is 13.1. The van der Waals surface area contributed by atoms with Gasteiger partial charge >= 0.3 is 12.2 Å². The Morgan fingerprint density at radius 3 is 1.72 bits per heavy atom. The summed E-state index contributed by atoms with van der Waals surface area (Å²) < 4.78 is 16.3. The van der Waals surface area contributed by atoms with Crippen LogP contribution in [0.3, 0.4) is 0 Å². The summed E-state index contributed by atoms with van der Waals surface area (Å²) in [6, 6.07) is 18.4. The van der Waals surface area contributed by atoms with Gasteiger partial charge in [-0.2, -0.15) is 11.8 Å². The molecule has 2 aliphatic rings. The fourth-order valence-corrected chi connectivity index (χ4v) is 7.14. The maximum absolute atomic E-state index is 14.1. The average molecular weight is 708 g/mol. The minimum Gasteiger partial charge on any atom is -0.497 e. The number of ether oxygens (including phenoxy) is 3. The van der Waals surface area contributed by atoms with Crippen molar-refractivity contribution in [3.05, 3.63) is 110 Å². The van der Waals surface area contributed by atoms with Gasteiger partial charge in [-0.3, -0.25) is 29.9 Å². The molecule has 3 aromatic rings. The van der Waals surface area contributed by atoms with Crippen LogP contribution >= 0.6 is 11.8 Å². The maximum atomic E-state index is 14.1. The highest BCUT2D eigenvalue weighted by atomic mass is 32.2. The molecule has 0 N–H and O–H groups in total. The summed E-state index contributed by atoms with van der Waals surface area (Å²) in [5, 5.41) is 21.8. The molecular formula is C34H37N5O10S. The first-order valence-electron chi connectivity index (χ1n) is 15.9. The predicted molar refractivity (Wildman–Crippen MR) is 182 cm³/mol. The Balaban J connectivity index is 1.21. The third kappa shape index (κ3) is 8.80. The fourth-order valence-electron chi connectivity index (χ4n) is 5.83. The standard InChI is InChI=1S/C34H37N5O10S/c1-23-30(50-22-26-7-13-29(47-2)14-8-26)19-37(34(42)49-21-25-5-11-28(12-6-25)39(45)46)31(23)32(40)35-15-17-36(18-16-35)33(41)48-20-24-3-9-27(10-4-24)38(43)44/h3-14,23,30-31H,15-22H2,1-2H3/t23?,30-,31+/m1/s1. The van der Waals surface area contributed by atoms with Crippen LogP contribution in [0.1, 0.15) is 23.6 Å². The number of carbonyl (C=O) groups excluding carboxylic acids is 3. The molecule has 2 fully saturated rings. The largest absolute Gasteiger partial charge is 0.497 e. The zero-order chi connectivity index (χ0) is 35.8. The van der Waals surface area contributed by atoms with Crippen LogP contribution in [-0.4, -0.2) is 93.8 Å². The summed E-state index contributed by atoms with van der Waals surface area (Å²) >= 11 is 1.65. The molecule has 0 aromatic heterocycles. The Bertz CT molecular complexity index is 1680. The number of hydrogen-bond acceptors (Lipinski definition) is 11. The number of benzene rings is 3. The summed E-state index contributed by atoms with van der Waals surface area (Å²) in [7, 11) is 1.60. The summed E-state index contributed by atoms with van der Waals surface area (Å²) in [5.41, 5.74) is 2.11. The van der Waals surface area contributed by atoms with Crippen molar-refractivity contribution in [1.29, 1.82) is 0 Å². The smallest absolute Gasteiger partial charge is 0.410 e. The highest BCUT2D eigenvalue weighted by Crippen LogP contribution is 2.36. The van der Waals surface area contributed by atoms with Gasteiger partial charge in [-0.25, -0.2) is 9.59 Å². The lowest BCUT2D eigenvalue weighted by Crippen LogP contribution is -2.56. The molecule has 2 heterocycles. The molecule has 1 unspecified atom stereocenters. The summed E-state index contributed by atoms with van der Waals surface area (Å²) in [6.45, 7) is 3.00. The number of thioether (sulfide) groups is 1. The second kappa shape index (κ2) is 16.3. The number of hydrogen-bond donors (Lipinski definition) is 0. The van der Waals surface area contributed by atoms with Crippen molar-refractivity contribution in [3.63, 3.8) is 0 Å². The van der Waals surface area contributed by atoms with Gasteiger partial charge in [0.1, 0.15) is 25.0 Å². The van der Waals surface area contributed by atoms with Gasteiger partial charge in [-0.15, -0.1) is 0 Å². The summed E-state index contributed by atoms with van der Waals surface area (Å²) in [5.74, 6) is 0.948. The van der Waals surface area contributed by atoms with E-state index in [1.807, 2.05) is 31.2 Å². The number of carbonyl (C=O) groups is 3. The highest BCUT2D eigenvalue weighted by Gasteiger charge is 2.48. The zero-order valence-corrected chi connectivity index (χ0v) is 28.4. The van der Waals surface area contributed by atoms with Crippen molar-refractivity contribution >= 4 is 41.2 Å². The minimum atomic E-state index is -0.798. The van der Waals surface area contributed by atoms with E-state index in [0.29, 0.717) is 16.9 Å². The molecule has 15 nitrogen and oxygen atoms in total. The van der Waals surface area contributed by atoms with Crippen LogP contribution in [-0.2, 0) is 33.2 Å². The van der Waals surface area contributed by atoms with Gasteiger partial charge in [-0.1, -0.05) is 19.1 Å². The molecule has 3 atom stereocenters. The van der Waals surface area contributed by atoms with Gasteiger partial charge in [0.2, 0.25) is 5.91 Å². The normalized spacial score (nSPS) is 18.8. The van der Waals surface area contributed by atoms with E-state index < -0.39 is 28.1 Å². The molecule has 2 saturated heterocycles. The van der Waals surface area contributed by atoms with E-state index in [9.17, 15) is 34.6 Å². The van der Waals surface area contributed by atoms with Crippen LogP contribution in [0.4, 0.5) is 21.0 Å². The lowest BCUT2D eigenvalue weighted by molar-refractivity contribution is -0.385. The van der Waals surface area contributed by atoms with E-state index >= 15 is 0 Å². The van der Waals surface area contributed by atoms with Crippen LogP contribution in [0.25, 0.3) is 0 Å². The number of nitrogens with zero attached hydrogens (tertiary/aromatic N) is 5. The van der Waals surface area contributed by atoms with Crippen LogP contribution in [0.15, 0.2) is 72.8 Å². The van der Waals surface area contributed by atoms with Gasteiger partial charge in [-0.05, 0) is 59.0 Å². The number of non-ortho nitro benzene ring substituents is 2. The molecule has 0 aliphatic carbocycles. The molecule has 0 bridgehead atoms. The maximum Gasteiger partial charge on any atom is 0.410 e. The molecule has 50 heavy (non-hydrogen) atoms. The number of piperazine rings is 1. The fraction of sp³-hybridized carbons (Fsp3) is 0.382. The molecule has 5 rings (SSSR count). The van der Waals surface area contributed by atoms with Gasteiger partial charge in [0.15, 0.2) is 0 Å². The molecule has 264 valence electrons. The zero-order valence-electron chi connectivity index (χ0n) is 27.5. The third-order valence-corrected chi connectivity index (χ3v) is 10.3. The Labute approximate surface area is 292 Å². The first-order chi connectivity index (χ1) is 24.0. The molecule has 16 heteroatoms. The third-order valence-electron chi connectivity index (χ3n) is 8.78. The average Bonchev–Trinajstić information content (AvgIpc) is 3.47. The lowest BCUT2D eigenvalue weighted by Gasteiger charge is -2.37. The minimum absolute atomic E-state index is 0.0535. The van der Waals surface area contributed by atoms with E-state index in [4.69, 9.17) is 14.2 Å². The first kappa shape index (κ1) is 35.9. The van der Waals surface area contributed by atoms with Gasteiger partial charge in [0.05, 0.1) is 17.0 Å². The van der Waals surface area contributed by atoms with E-state index in [0.717, 1.165) is 11.3 Å². The van der Waals surface area contributed by atoms with Crippen LogP contribution in [0.5, 0.6) is 5.75 Å².